The number of rotatable bonds is 11. The van der Waals surface area contributed by atoms with Gasteiger partial charge in [0.15, 0.2) is 0 Å². The van der Waals surface area contributed by atoms with Crippen LogP contribution in [0.1, 0.15) is 37.3 Å². The van der Waals surface area contributed by atoms with Gasteiger partial charge in [-0.2, -0.15) is 23.5 Å². The van der Waals surface area contributed by atoms with Crippen LogP contribution in [0, 0.1) is 11.8 Å². The molecule has 0 bridgehead atoms. The molecule has 0 aliphatic carbocycles. The van der Waals surface area contributed by atoms with E-state index in [1.54, 1.807) is 0 Å². The number of hydrogen-bond donors (Lipinski definition) is 0. The quantitative estimate of drug-likeness (QED) is 0.258. The van der Waals surface area contributed by atoms with Crippen molar-refractivity contribution >= 4 is 29.5 Å². The average Bonchev–Trinajstić information content (AvgIpc) is 2.73. The van der Waals surface area contributed by atoms with Crippen LogP contribution in [0.25, 0.3) is 0 Å². The Kier molecular flexibility index (Phi) is 11.4. The summed E-state index contributed by atoms with van der Waals surface area (Å²) in [5.41, 5.74) is 2.71. The second-order valence-corrected chi connectivity index (χ2v) is 8.68. The van der Waals surface area contributed by atoms with Crippen molar-refractivity contribution in [3.05, 3.63) is 71.8 Å². The maximum atomic E-state index is 11.4. The van der Waals surface area contributed by atoms with Crippen LogP contribution in [0.15, 0.2) is 60.7 Å². The van der Waals surface area contributed by atoms with E-state index in [-0.39, 0.29) is 12.4 Å². The van der Waals surface area contributed by atoms with Crippen LogP contribution < -0.4 is 0 Å². The van der Waals surface area contributed by atoms with E-state index in [4.69, 9.17) is 4.74 Å². The van der Waals surface area contributed by atoms with Crippen molar-refractivity contribution < 1.29 is 9.53 Å². The molecule has 0 heterocycles. The van der Waals surface area contributed by atoms with Gasteiger partial charge >= 0.3 is 5.97 Å². The molecule has 28 heavy (non-hydrogen) atoms. The van der Waals surface area contributed by atoms with Crippen LogP contribution >= 0.6 is 23.5 Å². The van der Waals surface area contributed by atoms with Crippen LogP contribution in [0.4, 0.5) is 0 Å². The van der Waals surface area contributed by atoms with Gasteiger partial charge in [-0.3, -0.25) is 4.79 Å². The summed E-state index contributed by atoms with van der Waals surface area (Å²) in [6.07, 6.45) is 2.11. The highest BCUT2D eigenvalue weighted by Crippen LogP contribution is 2.25. The van der Waals surface area contributed by atoms with Crippen molar-refractivity contribution in [3.8, 4) is 11.8 Å². The average molecular weight is 413 g/mol. The molecule has 0 aromatic heterocycles. The lowest BCUT2D eigenvalue weighted by atomic mass is 10.2. The molecule has 0 saturated carbocycles. The van der Waals surface area contributed by atoms with Crippen LogP contribution in [0.2, 0.25) is 0 Å². The Bertz CT molecular complexity index is 735. The summed E-state index contributed by atoms with van der Waals surface area (Å²) in [5.74, 6) is 9.08. The van der Waals surface area contributed by atoms with Gasteiger partial charge in [0.1, 0.15) is 6.42 Å². The molecule has 0 amide bonds. The summed E-state index contributed by atoms with van der Waals surface area (Å²) in [4.78, 5) is 11.4. The largest absolute Gasteiger partial charge is 0.465 e. The smallest absolute Gasteiger partial charge is 0.317 e. The lowest BCUT2D eigenvalue weighted by Crippen LogP contribution is -2.05. The molecule has 2 aromatic carbocycles. The van der Waals surface area contributed by atoms with Crippen molar-refractivity contribution in [2.45, 2.75) is 42.9 Å². The number of carbonyl (C=O) groups is 1. The van der Waals surface area contributed by atoms with Crippen molar-refractivity contribution in [3.63, 3.8) is 0 Å². The first kappa shape index (κ1) is 22.5. The molecule has 2 aromatic rings. The van der Waals surface area contributed by atoms with Crippen LogP contribution in [-0.4, -0.2) is 23.6 Å². The maximum Gasteiger partial charge on any atom is 0.317 e. The van der Waals surface area contributed by atoms with Gasteiger partial charge in [-0.05, 0) is 30.2 Å². The molecule has 1 atom stereocenters. The highest BCUT2D eigenvalue weighted by molar-refractivity contribution is 7.99. The Morgan fingerprint density at radius 1 is 0.964 bits per heavy atom. The second kappa shape index (κ2) is 14.2. The molecule has 0 aliphatic heterocycles. The number of benzene rings is 2. The Hall–Kier alpha value is -1.83. The molecular formula is C24H28O2S2. The molecule has 0 spiro atoms. The van der Waals surface area contributed by atoms with E-state index in [0.29, 0.717) is 11.9 Å². The van der Waals surface area contributed by atoms with E-state index >= 15 is 0 Å². The van der Waals surface area contributed by atoms with Gasteiger partial charge in [-0.1, -0.05) is 66.6 Å². The number of ether oxygens (including phenoxy) is 1. The molecule has 2 nitrogen and oxygen atoms in total. The number of thioether (sulfide) groups is 2. The van der Waals surface area contributed by atoms with Crippen LogP contribution in [-0.2, 0) is 21.0 Å². The van der Waals surface area contributed by atoms with E-state index in [9.17, 15) is 4.79 Å². The third-order valence-corrected chi connectivity index (χ3v) is 6.45. The summed E-state index contributed by atoms with van der Waals surface area (Å²) in [6, 6.07) is 21.1. The van der Waals surface area contributed by atoms with Crippen molar-refractivity contribution in [2.24, 2.45) is 0 Å². The van der Waals surface area contributed by atoms with Gasteiger partial charge in [0, 0.05) is 23.2 Å². The van der Waals surface area contributed by atoms with Gasteiger partial charge in [-0.15, -0.1) is 5.92 Å². The maximum absolute atomic E-state index is 11.4. The predicted molar refractivity (Wildman–Crippen MR) is 122 cm³/mol. The molecule has 0 aliphatic rings. The molecule has 0 N–H and O–H groups in total. The van der Waals surface area contributed by atoms with E-state index < -0.39 is 0 Å². The third kappa shape index (κ3) is 9.92. The highest BCUT2D eigenvalue weighted by Gasteiger charge is 2.09. The molecule has 1 unspecified atom stereocenters. The predicted octanol–water partition coefficient (Wildman–Crippen LogP) is 5.96. The van der Waals surface area contributed by atoms with Crippen LogP contribution in [0.3, 0.4) is 0 Å². The van der Waals surface area contributed by atoms with E-state index in [1.165, 1.54) is 11.1 Å². The molecular weight excluding hydrogens is 384 g/mol. The summed E-state index contributed by atoms with van der Waals surface area (Å²) in [5, 5.41) is 0.471. The zero-order valence-corrected chi connectivity index (χ0v) is 18.1. The lowest BCUT2D eigenvalue weighted by Gasteiger charge is -2.14. The fourth-order valence-corrected chi connectivity index (χ4v) is 4.82. The highest BCUT2D eigenvalue weighted by atomic mass is 32.2. The van der Waals surface area contributed by atoms with Gasteiger partial charge in [0.2, 0.25) is 0 Å². The summed E-state index contributed by atoms with van der Waals surface area (Å²) < 4.78 is 4.93. The Morgan fingerprint density at radius 2 is 1.61 bits per heavy atom. The number of esters is 1. The first-order valence-electron chi connectivity index (χ1n) is 9.66. The lowest BCUT2D eigenvalue weighted by molar-refractivity contribution is -0.141. The fraction of sp³-hybridized carbons (Fsp3) is 0.375. The molecule has 2 rings (SSSR count). The monoisotopic (exact) mass is 412 g/mol. The zero-order valence-electron chi connectivity index (χ0n) is 16.4. The van der Waals surface area contributed by atoms with E-state index in [1.807, 2.05) is 36.5 Å². The summed E-state index contributed by atoms with van der Waals surface area (Å²) in [6.45, 7) is 2.23. The number of hydrogen-bond acceptors (Lipinski definition) is 4. The Morgan fingerprint density at radius 3 is 2.25 bits per heavy atom. The summed E-state index contributed by atoms with van der Waals surface area (Å²) >= 11 is 3.93. The SMILES string of the molecule is CCOC(=O)CC#CCC(CCSCc1ccccc1)SCc1ccccc1. The van der Waals surface area contributed by atoms with Crippen molar-refractivity contribution in [1.29, 1.82) is 0 Å². The second-order valence-electron chi connectivity index (χ2n) is 6.28. The van der Waals surface area contributed by atoms with Gasteiger partial charge in [-0.25, -0.2) is 0 Å². The number of carbonyl (C=O) groups excluding carboxylic acids is 1. The minimum atomic E-state index is -0.234. The normalized spacial score (nSPS) is 11.3. The molecule has 0 fully saturated rings. The summed E-state index contributed by atoms with van der Waals surface area (Å²) in [7, 11) is 0. The molecule has 4 heteroatoms. The topological polar surface area (TPSA) is 26.3 Å². The first-order valence-corrected chi connectivity index (χ1v) is 11.9. The molecule has 148 valence electrons. The Balaban J connectivity index is 1.78. The Labute approximate surface area is 177 Å². The minimum absolute atomic E-state index is 0.187. The van der Waals surface area contributed by atoms with Crippen LogP contribution in [0.5, 0.6) is 0 Å². The molecule has 0 radical (unpaired) electrons. The molecule has 0 saturated heterocycles. The van der Waals surface area contributed by atoms with Crippen molar-refractivity contribution in [1.82, 2.24) is 0 Å². The zero-order chi connectivity index (χ0) is 19.9. The van der Waals surface area contributed by atoms with E-state index in [0.717, 1.165) is 30.1 Å². The standard InChI is InChI=1S/C24H28O2S2/c1-2-26-24(25)16-10-9-15-23(28-20-22-13-7-4-8-14-22)17-18-27-19-21-11-5-3-6-12-21/h3-8,11-14,23H,2,15-20H2,1H3. The van der Waals surface area contributed by atoms with Gasteiger partial charge < -0.3 is 4.74 Å². The third-order valence-electron chi connectivity index (χ3n) is 4.02. The van der Waals surface area contributed by atoms with Gasteiger partial charge in [0.25, 0.3) is 0 Å². The fourth-order valence-electron chi connectivity index (χ4n) is 2.54. The van der Waals surface area contributed by atoms with E-state index in [2.05, 4.69) is 66.4 Å². The van der Waals surface area contributed by atoms with Gasteiger partial charge in [0.05, 0.1) is 6.61 Å². The van der Waals surface area contributed by atoms with Crippen molar-refractivity contribution in [2.75, 3.05) is 12.4 Å². The first-order chi connectivity index (χ1) is 13.8. The minimum Gasteiger partial charge on any atom is -0.465 e.